The van der Waals surface area contributed by atoms with Crippen LogP contribution in [0.3, 0.4) is 0 Å². The maximum absolute atomic E-state index is 10.0. The van der Waals surface area contributed by atoms with E-state index in [0.29, 0.717) is 11.6 Å². The third kappa shape index (κ3) is 1.60. The largest absolute Gasteiger partial charge is 0.508 e. The van der Waals surface area contributed by atoms with E-state index in [-0.39, 0.29) is 5.75 Å². The molecule has 0 aliphatic heterocycles. The molecule has 0 amide bonds. The van der Waals surface area contributed by atoms with Crippen LogP contribution in [0.4, 0.5) is 5.82 Å². The number of nitrogen functional groups attached to an aromatic ring is 1. The van der Waals surface area contributed by atoms with Gasteiger partial charge in [0.2, 0.25) is 5.78 Å². The quantitative estimate of drug-likeness (QED) is 0.565. The van der Waals surface area contributed by atoms with Gasteiger partial charge in [0.1, 0.15) is 11.6 Å². The van der Waals surface area contributed by atoms with Crippen LogP contribution in [0.15, 0.2) is 36.8 Å². The zero-order valence-corrected chi connectivity index (χ0v) is 12.3. The average molecular weight is 293 g/mol. The Morgan fingerprint density at radius 3 is 2.86 bits per heavy atom. The Bertz CT molecular complexity index is 1030. The number of hydrogen-bond acceptors (Lipinski definition) is 4. The van der Waals surface area contributed by atoms with Gasteiger partial charge in [0, 0.05) is 29.5 Å². The molecule has 3 N–H and O–H groups in total. The Morgan fingerprint density at radius 1 is 1.23 bits per heavy atom. The lowest BCUT2D eigenvalue weighted by Crippen LogP contribution is -2.05. The van der Waals surface area contributed by atoms with Gasteiger partial charge in [-0.3, -0.25) is 8.97 Å². The molecule has 22 heavy (non-hydrogen) atoms. The second-order valence-corrected chi connectivity index (χ2v) is 5.43. The molecular weight excluding hydrogens is 278 g/mol. The molecule has 0 saturated heterocycles. The highest BCUT2D eigenvalue weighted by atomic mass is 16.3. The van der Waals surface area contributed by atoms with Crippen LogP contribution in [0.5, 0.6) is 5.75 Å². The lowest BCUT2D eigenvalue weighted by molar-refractivity contribution is 0.470. The molecule has 1 aromatic carbocycles. The summed E-state index contributed by atoms with van der Waals surface area (Å²) in [6, 6.07) is 5.44. The fraction of sp³-hybridized carbons (Fsp3) is 0.125. The summed E-state index contributed by atoms with van der Waals surface area (Å²) in [5.74, 6) is 1.43. The van der Waals surface area contributed by atoms with Crippen molar-refractivity contribution in [3.05, 3.63) is 47.9 Å². The van der Waals surface area contributed by atoms with Gasteiger partial charge in [-0.2, -0.15) is 4.98 Å². The number of benzene rings is 1. The number of fused-ring (bicyclic) bond motifs is 2. The number of anilines is 1. The summed E-state index contributed by atoms with van der Waals surface area (Å²) in [5.41, 5.74) is 9.59. The van der Waals surface area contributed by atoms with Crippen LogP contribution in [-0.4, -0.2) is 24.0 Å². The summed E-state index contributed by atoms with van der Waals surface area (Å²) in [6.45, 7) is 3.86. The van der Waals surface area contributed by atoms with Crippen molar-refractivity contribution in [3.8, 4) is 11.4 Å². The predicted molar refractivity (Wildman–Crippen MR) is 85.4 cm³/mol. The van der Waals surface area contributed by atoms with E-state index in [0.717, 1.165) is 27.8 Å². The lowest BCUT2D eigenvalue weighted by atomic mass is 10.1. The number of phenols is 1. The molecule has 0 bridgehead atoms. The first kappa shape index (κ1) is 12.7. The van der Waals surface area contributed by atoms with E-state index < -0.39 is 0 Å². The Balaban J connectivity index is 2.14. The van der Waals surface area contributed by atoms with Gasteiger partial charge >= 0.3 is 0 Å². The summed E-state index contributed by atoms with van der Waals surface area (Å²) in [7, 11) is 0. The summed E-state index contributed by atoms with van der Waals surface area (Å²) in [4.78, 5) is 8.82. The maximum atomic E-state index is 10.0. The van der Waals surface area contributed by atoms with Gasteiger partial charge < -0.3 is 10.8 Å². The van der Waals surface area contributed by atoms with Gasteiger partial charge in [-0.15, -0.1) is 0 Å². The van der Waals surface area contributed by atoms with E-state index in [1.807, 2.05) is 47.3 Å². The number of nitrogens with two attached hydrogens (primary N) is 1. The molecule has 4 aromatic rings. The minimum atomic E-state index is 0.240. The maximum Gasteiger partial charge on any atom is 0.235 e. The Hall–Kier alpha value is -3.02. The van der Waals surface area contributed by atoms with Crippen LogP contribution < -0.4 is 5.73 Å². The number of aromatic hydroxyl groups is 1. The molecule has 0 aliphatic carbocycles. The van der Waals surface area contributed by atoms with Crippen LogP contribution in [0.1, 0.15) is 11.1 Å². The molecule has 3 aromatic heterocycles. The van der Waals surface area contributed by atoms with Crippen LogP contribution in [0.2, 0.25) is 0 Å². The molecule has 6 nitrogen and oxygen atoms in total. The first-order chi connectivity index (χ1) is 10.6. The number of nitrogens with zero attached hydrogens (tertiary/aromatic N) is 4. The van der Waals surface area contributed by atoms with Crippen molar-refractivity contribution in [1.29, 1.82) is 0 Å². The van der Waals surface area contributed by atoms with E-state index >= 15 is 0 Å². The van der Waals surface area contributed by atoms with E-state index in [1.54, 1.807) is 12.3 Å². The topological polar surface area (TPSA) is 81.4 Å². The van der Waals surface area contributed by atoms with Crippen LogP contribution in [-0.2, 0) is 0 Å². The minimum Gasteiger partial charge on any atom is -0.508 e. The fourth-order valence-corrected chi connectivity index (χ4v) is 2.89. The number of phenolic OH excluding ortho intramolecular Hbond substituents is 1. The molecule has 0 aliphatic rings. The number of imidazole rings is 1. The number of hydrogen-bond donors (Lipinski definition) is 2. The molecule has 6 heteroatoms. The zero-order valence-electron chi connectivity index (χ0n) is 12.3. The third-order valence-electron chi connectivity index (χ3n) is 3.99. The van der Waals surface area contributed by atoms with Crippen molar-refractivity contribution in [3.63, 3.8) is 0 Å². The van der Waals surface area contributed by atoms with Gasteiger partial charge in [-0.1, -0.05) is 6.07 Å². The van der Waals surface area contributed by atoms with Crippen molar-refractivity contribution in [1.82, 2.24) is 18.9 Å². The SMILES string of the molecule is Cc1ccc(O)c(C)c1-n1c(N)cc2cn3ccnc3nc21. The second kappa shape index (κ2) is 4.24. The highest BCUT2D eigenvalue weighted by Crippen LogP contribution is 2.32. The predicted octanol–water partition coefficient (Wildman–Crippen LogP) is 2.58. The smallest absolute Gasteiger partial charge is 0.235 e. The molecule has 0 atom stereocenters. The molecule has 110 valence electrons. The fourth-order valence-electron chi connectivity index (χ4n) is 2.89. The van der Waals surface area contributed by atoms with E-state index in [4.69, 9.17) is 5.73 Å². The molecule has 0 radical (unpaired) electrons. The van der Waals surface area contributed by atoms with E-state index in [1.165, 1.54) is 0 Å². The van der Waals surface area contributed by atoms with Gasteiger partial charge in [0.25, 0.3) is 0 Å². The van der Waals surface area contributed by atoms with Gasteiger partial charge in [0.05, 0.1) is 5.69 Å². The molecule has 4 rings (SSSR count). The van der Waals surface area contributed by atoms with Crippen molar-refractivity contribution < 1.29 is 5.11 Å². The monoisotopic (exact) mass is 293 g/mol. The molecular formula is C16H15N5O. The average Bonchev–Trinajstić information content (AvgIpc) is 3.05. The first-order valence-corrected chi connectivity index (χ1v) is 6.96. The Morgan fingerprint density at radius 2 is 2.05 bits per heavy atom. The van der Waals surface area contributed by atoms with Crippen molar-refractivity contribution >= 4 is 22.6 Å². The number of aromatic nitrogens is 4. The van der Waals surface area contributed by atoms with Crippen LogP contribution in [0, 0.1) is 13.8 Å². The molecule has 0 spiro atoms. The van der Waals surface area contributed by atoms with E-state index in [2.05, 4.69) is 9.97 Å². The second-order valence-electron chi connectivity index (χ2n) is 5.43. The lowest BCUT2D eigenvalue weighted by Gasteiger charge is -2.15. The van der Waals surface area contributed by atoms with Gasteiger partial charge in [-0.05, 0) is 31.5 Å². The molecule has 0 saturated carbocycles. The highest BCUT2D eigenvalue weighted by Gasteiger charge is 2.16. The summed E-state index contributed by atoms with van der Waals surface area (Å²) < 4.78 is 3.72. The van der Waals surface area contributed by atoms with Gasteiger partial charge in [0.15, 0.2) is 5.65 Å². The summed E-state index contributed by atoms with van der Waals surface area (Å²) in [6.07, 6.45) is 5.50. The number of rotatable bonds is 1. The number of aryl methyl sites for hydroxylation is 1. The molecule has 3 heterocycles. The highest BCUT2D eigenvalue weighted by molar-refractivity contribution is 5.85. The van der Waals surface area contributed by atoms with Gasteiger partial charge in [-0.25, -0.2) is 4.98 Å². The van der Waals surface area contributed by atoms with Crippen molar-refractivity contribution in [2.75, 3.05) is 5.73 Å². The molecule has 0 fully saturated rings. The van der Waals surface area contributed by atoms with Crippen LogP contribution in [0.25, 0.3) is 22.5 Å². The Labute approximate surface area is 126 Å². The normalized spacial score (nSPS) is 11.5. The third-order valence-corrected chi connectivity index (χ3v) is 3.99. The van der Waals surface area contributed by atoms with Crippen molar-refractivity contribution in [2.24, 2.45) is 0 Å². The summed E-state index contributed by atoms with van der Waals surface area (Å²) >= 11 is 0. The Kier molecular flexibility index (Phi) is 2.45. The van der Waals surface area contributed by atoms with E-state index in [9.17, 15) is 5.11 Å². The minimum absolute atomic E-state index is 0.240. The first-order valence-electron chi connectivity index (χ1n) is 6.96. The van der Waals surface area contributed by atoms with Crippen molar-refractivity contribution in [2.45, 2.75) is 13.8 Å². The van der Waals surface area contributed by atoms with Crippen LogP contribution >= 0.6 is 0 Å². The zero-order chi connectivity index (χ0) is 15.4. The molecule has 0 unspecified atom stereocenters. The standard InChI is InChI=1S/C16H15N5O/c1-9-3-4-12(22)10(2)14(9)21-13(17)7-11-8-20-6-5-18-16(20)19-15(11)21/h3-8,22H,17H2,1-2H3. The summed E-state index contributed by atoms with van der Waals surface area (Å²) in [5, 5.41) is 11.0.